The molecule has 0 saturated carbocycles. The molecule has 0 saturated heterocycles. The predicted molar refractivity (Wildman–Crippen MR) is 46.6 cm³/mol. The van der Waals surface area contributed by atoms with Crippen molar-refractivity contribution in [2.75, 3.05) is 11.4 Å². The lowest BCUT2D eigenvalue weighted by atomic mass is 10.4. The van der Waals surface area contributed by atoms with Crippen molar-refractivity contribution in [3.05, 3.63) is 12.0 Å². The number of imidazole rings is 1. The Balaban J connectivity index is 2.74. The van der Waals surface area contributed by atoms with Gasteiger partial charge in [-0.05, 0) is 0 Å². The fourth-order valence-electron chi connectivity index (χ4n) is 1.05. The summed E-state index contributed by atoms with van der Waals surface area (Å²) in [4.78, 5) is 6.52. The van der Waals surface area contributed by atoms with Crippen molar-refractivity contribution in [3.63, 3.8) is 0 Å². The standard InChI is InChI=1S/C5H7N5O2S/c1-10-5-3(7-2-8-5)4(6)9-13(10,11)12/h2H,1H3,(H2,6,9)(H,7,8). The first-order valence-corrected chi connectivity index (χ1v) is 4.80. The largest absolute Gasteiger partial charge is 0.381 e. The monoisotopic (exact) mass is 201 g/mol. The summed E-state index contributed by atoms with van der Waals surface area (Å²) in [6.45, 7) is 0. The van der Waals surface area contributed by atoms with Gasteiger partial charge < -0.3 is 10.7 Å². The van der Waals surface area contributed by atoms with Crippen molar-refractivity contribution in [2.24, 2.45) is 10.1 Å². The van der Waals surface area contributed by atoms with Gasteiger partial charge >= 0.3 is 10.2 Å². The molecule has 0 spiro atoms. The van der Waals surface area contributed by atoms with E-state index in [0.29, 0.717) is 5.69 Å². The molecule has 0 bridgehead atoms. The molecule has 70 valence electrons. The number of hydrogen-bond acceptors (Lipinski definition) is 4. The Morgan fingerprint density at radius 1 is 1.62 bits per heavy atom. The quantitative estimate of drug-likeness (QED) is 0.550. The molecule has 0 aromatic carbocycles. The lowest BCUT2D eigenvalue weighted by Crippen LogP contribution is -2.34. The van der Waals surface area contributed by atoms with Crippen LogP contribution in [-0.2, 0) is 10.2 Å². The third-order valence-corrected chi connectivity index (χ3v) is 3.03. The number of hydrogen-bond donors (Lipinski definition) is 2. The summed E-state index contributed by atoms with van der Waals surface area (Å²) in [6.07, 6.45) is 1.37. The van der Waals surface area contributed by atoms with Crippen LogP contribution in [0.2, 0.25) is 0 Å². The SMILES string of the molecule is CN1c2nc[nH]c2C(N)=NS1(=O)=O. The van der Waals surface area contributed by atoms with Gasteiger partial charge in [-0.3, -0.25) is 0 Å². The summed E-state index contributed by atoms with van der Waals surface area (Å²) in [6, 6.07) is 0. The van der Waals surface area contributed by atoms with E-state index < -0.39 is 10.2 Å². The van der Waals surface area contributed by atoms with Gasteiger partial charge in [-0.15, -0.1) is 4.40 Å². The van der Waals surface area contributed by atoms with Crippen LogP contribution in [0, 0.1) is 0 Å². The highest BCUT2D eigenvalue weighted by Crippen LogP contribution is 2.22. The topological polar surface area (TPSA) is 104 Å². The molecule has 8 heteroatoms. The molecule has 0 aliphatic carbocycles. The van der Waals surface area contributed by atoms with Crippen LogP contribution in [0.4, 0.5) is 5.82 Å². The van der Waals surface area contributed by atoms with Crippen molar-refractivity contribution in [3.8, 4) is 0 Å². The summed E-state index contributed by atoms with van der Waals surface area (Å²) < 4.78 is 26.8. The van der Waals surface area contributed by atoms with E-state index in [2.05, 4.69) is 14.4 Å². The number of fused-ring (bicyclic) bond motifs is 1. The number of aromatic nitrogens is 2. The van der Waals surface area contributed by atoms with Gasteiger partial charge in [0.25, 0.3) is 0 Å². The number of nitrogens with zero attached hydrogens (tertiary/aromatic N) is 3. The van der Waals surface area contributed by atoms with Gasteiger partial charge in [0.1, 0.15) is 5.69 Å². The van der Waals surface area contributed by atoms with Crippen LogP contribution in [0.25, 0.3) is 0 Å². The molecule has 1 aromatic heterocycles. The van der Waals surface area contributed by atoms with E-state index in [1.165, 1.54) is 13.4 Å². The molecule has 0 unspecified atom stereocenters. The molecule has 1 aromatic rings. The minimum Gasteiger partial charge on any atom is -0.381 e. The number of H-pyrrole nitrogens is 1. The van der Waals surface area contributed by atoms with E-state index in [-0.39, 0.29) is 11.7 Å². The van der Waals surface area contributed by atoms with E-state index >= 15 is 0 Å². The average molecular weight is 201 g/mol. The first-order chi connectivity index (χ1) is 6.02. The number of rotatable bonds is 0. The molecule has 1 aliphatic heterocycles. The number of nitrogens with two attached hydrogens (primary N) is 1. The van der Waals surface area contributed by atoms with Crippen LogP contribution in [0.15, 0.2) is 10.7 Å². The average Bonchev–Trinajstić information content (AvgIpc) is 2.47. The molecular weight excluding hydrogens is 194 g/mol. The molecule has 0 atom stereocenters. The van der Waals surface area contributed by atoms with Crippen LogP contribution >= 0.6 is 0 Å². The maximum Gasteiger partial charge on any atom is 0.347 e. The Hall–Kier alpha value is -1.57. The van der Waals surface area contributed by atoms with Crippen LogP contribution < -0.4 is 10.0 Å². The van der Waals surface area contributed by atoms with Crippen molar-refractivity contribution in [2.45, 2.75) is 0 Å². The second-order valence-electron chi connectivity index (χ2n) is 2.52. The lowest BCUT2D eigenvalue weighted by molar-refractivity contribution is 0.595. The van der Waals surface area contributed by atoms with Gasteiger partial charge in [-0.1, -0.05) is 0 Å². The first kappa shape index (κ1) is 8.05. The summed E-state index contributed by atoms with van der Waals surface area (Å²) in [5.41, 5.74) is 5.83. The Bertz CT molecular complexity index is 473. The molecule has 2 rings (SSSR count). The van der Waals surface area contributed by atoms with Crippen LogP contribution in [0.3, 0.4) is 0 Å². The smallest absolute Gasteiger partial charge is 0.347 e. The normalized spacial score (nSPS) is 19.5. The zero-order chi connectivity index (χ0) is 9.64. The van der Waals surface area contributed by atoms with Crippen LogP contribution in [0.5, 0.6) is 0 Å². The number of anilines is 1. The molecule has 0 fully saturated rings. The summed E-state index contributed by atoms with van der Waals surface area (Å²) in [5.74, 6) is 0.207. The molecule has 13 heavy (non-hydrogen) atoms. The van der Waals surface area contributed by atoms with Crippen LogP contribution in [0.1, 0.15) is 5.69 Å². The molecule has 2 heterocycles. The third kappa shape index (κ3) is 0.985. The summed E-state index contributed by atoms with van der Waals surface area (Å²) >= 11 is 0. The van der Waals surface area contributed by atoms with Gasteiger partial charge in [0.2, 0.25) is 0 Å². The summed E-state index contributed by atoms with van der Waals surface area (Å²) in [7, 11) is -2.31. The summed E-state index contributed by atoms with van der Waals surface area (Å²) in [5, 5.41) is 0. The Morgan fingerprint density at radius 3 is 3.00 bits per heavy atom. The zero-order valence-corrected chi connectivity index (χ0v) is 7.54. The first-order valence-electron chi connectivity index (χ1n) is 3.40. The van der Waals surface area contributed by atoms with E-state index in [1.54, 1.807) is 0 Å². The van der Waals surface area contributed by atoms with E-state index in [0.717, 1.165) is 4.31 Å². The fourth-order valence-corrected chi connectivity index (χ4v) is 1.87. The predicted octanol–water partition coefficient (Wildman–Crippen LogP) is -1.19. The molecule has 7 nitrogen and oxygen atoms in total. The molecule has 0 amide bonds. The van der Waals surface area contributed by atoms with Crippen molar-refractivity contribution >= 4 is 21.9 Å². The highest BCUT2D eigenvalue weighted by atomic mass is 32.2. The van der Waals surface area contributed by atoms with Gasteiger partial charge in [0, 0.05) is 7.05 Å². The minimum absolute atomic E-state index is 0.0643. The second kappa shape index (κ2) is 2.22. The van der Waals surface area contributed by atoms with Crippen molar-refractivity contribution in [1.29, 1.82) is 0 Å². The van der Waals surface area contributed by atoms with Crippen molar-refractivity contribution in [1.82, 2.24) is 9.97 Å². The van der Waals surface area contributed by atoms with E-state index in [9.17, 15) is 8.42 Å². The molecule has 0 radical (unpaired) electrons. The van der Waals surface area contributed by atoms with Crippen LogP contribution in [-0.4, -0.2) is 31.3 Å². The number of amidine groups is 1. The molecule has 3 N–H and O–H groups in total. The highest BCUT2D eigenvalue weighted by Gasteiger charge is 2.29. The Morgan fingerprint density at radius 2 is 2.31 bits per heavy atom. The Labute approximate surface area is 74.5 Å². The molecule has 1 aliphatic rings. The molecular formula is C5H7N5O2S. The van der Waals surface area contributed by atoms with Gasteiger partial charge in [-0.2, -0.15) is 8.42 Å². The third-order valence-electron chi connectivity index (χ3n) is 1.73. The van der Waals surface area contributed by atoms with Gasteiger partial charge in [-0.25, -0.2) is 9.29 Å². The fraction of sp³-hybridized carbons (Fsp3) is 0.200. The van der Waals surface area contributed by atoms with Gasteiger partial charge in [0.05, 0.1) is 6.33 Å². The lowest BCUT2D eigenvalue weighted by Gasteiger charge is -2.18. The maximum atomic E-state index is 11.3. The van der Waals surface area contributed by atoms with E-state index in [1.807, 2.05) is 0 Å². The second-order valence-corrected chi connectivity index (χ2v) is 4.15. The van der Waals surface area contributed by atoms with Gasteiger partial charge in [0.15, 0.2) is 11.7 Å². The highest BCUT2D eigenvalue weighted by molar-refractivity contribution is 7.91. The number of aromatic amines is 1. The van der Waals surface area contributed by atoms with Crippen molar-refractivity contribution < 1.29 is 8.42 Å². The maximum absolute atomic E-state index is 11.3. The number of nitrogens with one attached hydrogen (secondary N) is 1. The zero-order valence-electron chi connectivity index (χ0n) is 6.72. The Kier molecular flexibility index (Phi) is 1.38. The van der Waals surface area contributed by atoms with E-state index in [4.69, 9.17) is 5.73 Å². The minimum atomic E-state index is -3.68.